The van der Waals surface area contributed by atoms with Crippen LogP contribution in [0.1, 0.15) is 18.4 Å². The van der Waals surface area contributed by atoms with E-state index in [1.54, 1.807) is 23.1 Å². The van der Waals surface area contributed by atoms with Crippen LogP contribution in [0.4, 0.5) is 11.4 Å². The van der Waals surface area contributed by atoms with Crippen molar-refractivity contribution in [1.29, 1.82) is 0 Å². The van der Waals surface area contributed by atoms with Crippen molar-refractivity contribution in [2.24, 2.45) is 0 Å². The maximum Gasteiger partial charge on any atom is 0.248 e. The summed E-state index contributed by atoms with van der Waals surface area (Å²) in [6.07, 6.45) is 4.65. The lowest BCUT2D eigenvalue weighted by Gasteiger charge is -2.15. The van der Waals surface area contributed by atoms with Crippen LogP contribution in [0.25, 0.3) is 6.08 Å². The Kier molecular flexibility index (Phi) is 6.39. The molecule has 29 heavy (non-hydrogen) atoms. The van der Waals surface area contributed by atoms with Crippen LogP contribution in [-0.2, 0) is 9.59 Å². The smallest absolute Gasteiger partial charge is 0.248 e. The van der Waals surface area contributed by atoms with Crippen LogP contribution in [0.5, 0.6) is 17.2 Å². The Labute approximate surface area is 169 Å². The number of nitrogens with zero attached hydrogens (tertiary/aromatic N) is 1. The largest absolute Gasteiger partial charge is 0.493 e. The third kappa shape index (κ3) is 4.68. The number of rotatable bonds is 7. The molecule has 1 saturated heterocycles. The predicted octanol–water partition coefficient (Wildman–Crippen LogP) is 3.49. The van der Waals surface area contributed by atoms with Crippen LogP contribution >= 0.6 is 0 Å². The monoisotopic (exact) mass is 396 g/mol. The van der Waals surface area contributed by atoms with Gasteiger partial charge in [0, 0.05) is 42.5 Å². The number of carbonyl (C=O) groups is 2. The van der Waals surface area contributed by atoms with Crippen LogP contribution in [0.15, 0.2) is 42.5 Å². The van der Waals surface area contributed by atoms with Crippen LogP contribution in [-0.4, -0.2) is 39.7 Å². The molecule has 1 aliphatic heterocycles. The Hall–Kier alpha value is -3.48. The second-order valence-electron chi connectivity index (χ2n) is 6.48. The molecular formula is C22H24N2O5. The molecule has 2 amide bonds. The zero-order chi connectivity index (χ0) is 20.8. The van der Waals surface area contributed by atoms with Gasteiger partial charge in [0.05, 0.1) is 21.3 Å². The number of hydrogen-bond donors (Lipinski definition) is 1. The minimum atomic E-state index is -0.293. The highest BCUT2D eigenvalue weighted by atomic mass is 16.5. The number of anilines is 2. The summed E-state index contributed by atoms with van der Waals surface area (Å²) >= 11 is 0. The first-order valence-electron chi connectivity index (χ1n) is 9.25. The van der Waals surface area contributed by atoms with Gasteiger partial charge in [0.15, 0.2) is 11.5 Å². The first kappa shape index (κ1) is 20.3. The minimum Gasteiger partial charge on any atom is -0.493 e. The summed E-state index contributed by atoms with van der Waals surface area (Å²) in [4.78, 5) is 25.9. The fourth-order valence-electron chi connectivity index (χ4n) is 3.20. The van der Waals surface area contributed by atoms with Crippen molar-refractivity contribution in [3.05, 3.63) is 48.0 Å². The number of hydrogen-bond acceptors (Lipinski definition) is 5. The van der Waals surface area contributed by atoms with E-state index in [1.807, 2.05) is 24.3 Å². The molecule has 0 aromatic heterocycles. The van der Waals surface area contributed by atoms with Crippen molar-refractivity contribution in [1.82, 2.24) is 0 Å². The molecule has 0 unspecified atom stereocenters. The molecule has 2 aromatic rings. The average Bonchev–Trinajstić information content (AvgIpc) is 3.17. The molecule has 152 valence electrons. The van der Waals surface area contributed by atoms with E-state index in [4.69, 9.17) is 14.2 Å². The summed E-state index contributed by atoms with van der Waals surface area (Å²) < 4.78 is 15.9. The first-order chi connectivity index (χ1) is 14.0. The topological polar surface area (TPSA) is 77.1 Å². The number of carbonyl (C=O) groups excluding carboxylic acids is 2. The Morgan fingerprint density at radius 3 is 2.21 bits per heavy atom. The molecular weight excluding hydrogens is 372 g/mol. The van der Waals surface area contributed by atoms with Gasteiger partial charge in [-0.2, -0.15) is 0 Å². The second-order valence-corrected chi connectivity index (χ2v) is 6.48. The molecule has 1 fully saturated rings. The highest BCUT2D eigenvalue weighted by Crippen LogP contribution is 2.39. The zero-order valence-electron chi connectivity index (χ0n) is 16.7. The quantitative estimate of drug-likeness (QED) is 0.725. The van der Waals surface area contributed by atoms with Crippen molar-refractivity contribution in [3.8, 4) is 17.2 Å². The summed E-state index contributed by atoms with van der Waals surface area (Å²) in [7, 11) is 4.55. The molecule has 7 nitrogen and oxygen atoms in total. The van der Waals surface area contributed by atoms with Crippen molar-refractivity contribution in [3.63, 3.8) is 0 Å². The van der Waals surface area contributed by atoms with Gasteiger partial charge in [0.1, 0.15) is 0 Å². The van der Waals surface area contributed by atoms with Gasteiger partial charge >= 0.3 is 0 Å². The lowest BCUT2D eigenvalue weighted by Crippen LogP contribution is -2.23. The second kappa shape index (κ2) is 9.14. The third-order valence-corrected chi connectivity index (χ3v) is 4.64. The van der Waals surface area contributed by atoms with Crippen LogP contribution in [0, 0.1) is 0 Å². The molecule has 0 bridgehead atoms. The number of amides is 2. The number of methoxy groups -OCH3 is 3. The first-order valence-corrected chi connectivity index (χ1v) is 9.25. The van der Waals surface area contributed by atoms with E-state index in [9.17, 15) is 9.59 Å². The Balaban J connectivity index is 1.67. The number of benzene rings is 2. The highest BCUT2D eigenvalue weighted by molar-refractivity contribution is 6.02. The molecule has 0 saturated carbocycles. The number of nitrogens with one attached hydrogen (secondary N) is 1. The molecule has 0 atom stereocenters. The minimum absolute atomic E-state index is 0.151. The third-order valence-electron chi connectivity index (χ3n) is 4.64. The molecule has 3 rings (SSSR count). The van der Waals surface area contributed by atoms with Gasteiger partial charge in [-0.25, -0.2) is 0 Å². The highest BCUT2D eigenvalue weighted by Gasteiger charge is 2.21. The van der Waals surface area contributed by atoms with Gasteiger partial charge in [-0.05, 0) is 30.2 Å². The van der Waals surface area contributed by atoms with E-state index in [0.29, 0.717) is 29.4 Å². The van der Waals surface area contributed by atoms with E-state index >= 15 is 0 Å². The fourth-order valence-corrected chi connectivity index (χ4v) is 3.20. The number of ether oxygens (including phenoxy) is 3. The average molecular weight is 396 g/mol. The Bertz CT molecular complexity index is 896. The van der Waals surface area contributed by atoms with Crippen molar-refractivity contribution < 1.29 is 23.8 Å². The summed E-state index contributed by atoms with van der Waals surface area (Å²) in [6.45, 7) is 0.755. The SMILES string of the molecule is COc1cc(NC(=O)/C=C/c2ccc(N3CCCC3=O)cc2)cc(OC)c1OC. The predicted molar refractivity (Wildman–Crippen MR) is 112 cm³/mol. The Morgan fingerprint density at radius 2 is 1.69 bits per heavy atom. The lowest BCUT2D eigenvalue weighted by molar-refractivity contribution is -0.117. The van der Waals surface area contributed by atoms with Gasteiger partial charge in [0.25, 0.3) is 0 Å². The van der Waals surface area contributed by atoms with Gasteiger partial charge < -0.3 is 24.4 Å². The van der Waals surface area contributed by atoms with Gasteiger partial charge in [-0.3, -0.25) is 9.59 Å². The summed E-state index contributed by atoms with van der Waals surface area (Å²) in [5.74, 6) is 1.23. The summed E-state index contributed by atoms with van der Waals surface area (Å²) in [6, 6.07) is 10.9. The summed E-state index contributed by atoms with van der Waals surface area (Å²) in [5, 5.41) is 2.78. The van der Waals surface area contributed by atoms with Gasteiger partial charge in [-0.1, -0.05) is 12.1 Å². The molecule has 0 aliphatic carbocycles. The van der Waals surface area contributed by atoms with Crippen LogP contribution in [0.3, 0.4) is 0 Å². The van der Waals surface area contributed by atoms with Crippen LogP contribution < -0.4 is 24.4 Å². The van der Waals surface area contributed by atoms with E-state index in [-0.39, 0.29) is 11.8 Å². The molecule has 0 radical (unpaired) electrons. The standard InChI is InChI=1S/C22H24N2O5/c1-27-18-13-16(14-19(28-2)22(18)29-3)23-20(25)11-8-15-6-9-17(10-7-15)24-12-4-5-21(24)26/h6-11,13-14H,4-5,12H2,1-3H3,(H,23,25)/b11-8+. The van der Waals surface area contributed by atoms with E-state index in [1.165, 1.54) is 27.4 Å². The van der Waals surface area contributed by atoms with Crippen molar-refractivity contribution in [2.45, 2.75) is 12.8 Å². The lowest BCUT2D eigenvalue weighted by atomic mass is 10.2. The van der Waals surface area contributed by atoms with E-state index in [0.717, 1.165) is 24.2 Å². The van der Waals surface area contributed by atoms with E-state index in [2.05, 4.69) is 5.32 Å². The molecule has 0 spiro atoms. The maximum atomic E-state index is 12.3. The molecule has 1 aliphatic rings. The zero-order valence-corrected chi connectivity index (χ0v) is 16.7. The van der Waals surface area contributed by atoms with Gasteiger partial charge in [-0.15, -0.1) is 0 Å². The summed E-state index contributed by atoms with van der Waals surface area (Å²) in [5.41, 5.74) is 2.27. The van der Waals surface area contributed by atoms with E-state index < -0.39 is 0 Å². The Morgan fingerprint density at radius 1 is 1.03 bits per heavy atom. The molecule has 1 N–H and O–H groups in total. The normalized spacial score (nSPS) is 13.6. The van der Waals surface area contributed by atoms with Gasteiger partial charge in [0.2, 0.25) is 17.6 Å². The van der Waals surface area contributed by atoms with Crippen molar-refractivity contribution >= 4 is 29.3 Å². The fraction of sp³-hybridized carbons (Fsp3) is 0.273. The maximum absolute atomic E-state index is 12.3. The molecule has 2 aromatic carbocycles. The molecule has 1 heterocycles. The molecule has 7 heteroatoms. The van der Waals surface area contributed by atoms with Crippen LogP contribution in [0.2, 0.25) is 0 Å². The van der Waals surface area contributed by atoms with Crippen molar-refractivity contribution in [2.75, 3.05) is 38.1 Å².